The van der Waals surface area contributed by atoms with Gasteiger partial charge in [-0.25, -0.2) is 0 Å². The minimum absolute atomic E-state index is 0.200. The molecule has 1 nitrogen and oxygen atoms in total. The van der Waals surface area contributed by atoms with E-state index in [4.69, 9.17) is 0 Å². The summed E-state index contributed by atoms with van der Waals surface area (Å²) in [4.78, 5) is 0. The fraction of sp³-hybridized carbons (Fsp3) is 0.714. The number of allylic oxidation sites excluding steroid dienone is 2. The molecule has 0 aromatic heterocycles. The Hall–Kier alpha value is -0.560. The van der Waals surface area contributed by atoms with Gasteiger partial charge >= 0.3 is 0 Å². The molecule has 0 fully saturated rings. The lowest BCUT2D eigenvalue weighted by atomic mass is 9.82. The van der Waals surface area contributed by atoms with Gasteiger partial charge in [0.25, 0.3) is 0 Å². The van der Waals surface area contributed by atoms with Crippen LogP contribution in [0.3, 0.4) is 0 Å². The molecular formula is C14H24O. The van der Waals surface area contributed by atoms with Crippen LogP contribution in [0.25, 0.3) is 0 Å². The Labute approximate surface area is 93.9 Å². The average Bonchev–Trinajstić information content (AvgIpc) is 2.33. The molecule has 0 radical (unpaired) electrons. The van der Waals surface area contributed by atoms with E-state index in [2.05, 4.69) is 27.4 Å². The van der Waals surface area contributed by atoms with Gasteiger partial charge in [0, 0.05) is 0 Å². The van der Waals surface area contributed by atoms with Crippen LogP contribution in [0.15, 0.2) is 23.8 Å². The summed E-state index contributed by atoms with van der Waals surface area (Å²) in [7, 11) is 0. The summed E-state index contributed by atoms with van der Waals surface area (Å²) < 4.78 is 0. The molecule has 0 aromatic rings. The maximum atomic E-state index is 9.83. The SMILES string of the molecule is C=CCCCCC1=C(C)[C@@H](O)CC1(C)C. The van der Waals surface area contributed by atoms with Gasteiger partial charge < -0.3 is 5.11 Å². The van der Waals surface area contributed by atoms with Crippen molar-refractivity contribution in [3.63, 3.8) is 0 Å². The lowest BCUT2D eigenvalue weighted by Gasteiger charge is -2.22. The smallest absolute Gasteiger partial charge is 0.0758 e. The second kappa shape index (κ2) is 4.98. The third-order valence-electron chi connectivity index (χ3n) is 3.58. The van der Waals surface area contributed by atoms with Crippen molar-refractivity contribution in [1.29, 1.82) is 0 Å². The highest BCUT2D eigenvalue weighted by atomic mass is 16.3. The number of hydrogen-bond donors (Lipinski definition) is 1. The highest BCUT2D eigenvalue weighted by Gasteiger charge is 2.35. The van der Waals surface area contributed by atoms with Crippen molar-refractivity contribution in [3.8, 4) is 0 Å². The lowest BCUT2D eigenvalue weighted by Crippen LogP contribution is -2.13. The van der Waals surface area contributed by atoms with E-state index in [1.165, 1.54) is 24.0 Å². The molecule has 86 valence electrons. The molecule has 0 heterocycles. The van der Waals surface area contributed by atoms with Crippen LogP contribution < -0.4 is 0 Å². The van der Waals surface area contributed by atoms with Gasteiger partial charge in [-0.3, -0.25) is 0 Å². The molecule has 15 heavy (non-hydrogen) atoms. The van der Waals surface area contributed by atoms with E-state index in [-0.39, 0.29) is 11.5 Å². The molecule has 0 saturated carbocycles. The van der Waals surface area contributed by atoms with Crippen LogP contribution in [0.4, 0.5) is 0 Å². The van der Waals surface area contributed by atoms with Crippen LogP contribution in [-0.4, -0.2) is 11.2 Å². The van der Waals surface area contributed by atoms with E-state index < -0.39 is 0 Å². The first-order chi connectivity index (χ1) is 6.99. The van der Waals surface area contributed by atoms with Crippen molar-refractivity contribution in [1.82, 2.24) is 0 Å². The van der Waals surface area contributed by atoms with Crippen molar-refractivity contribution in [2.75, 3.05) is 0 Å². The highest BCUT2D eigenvalue weighted by Crippen LogP contribution is 2.44. The molecule has 0 aliphatic heterocycles. The Morgan fingerprint density at radius 3 is 2.60 bits per heavy atom. The third-order valence-corrected chi connectivity index (χ3v) is 3.58. The number of hydrogen-bond acceptors (Lipinski definition) is 1. The summed E-state index contributed by atoms with van der Waals surface area (Å²) in [6.07, 6.45) is 7.36. The highest BCUT2D eigenvalue weighted by molar-refractivity contribution is 5.29. The molecule has 1 atom stereocenters. The number of aliphatic hydroxyl groups is 1. The summed E-state index contributed by atoms with van der Waals surface area (Å²) in [6, 6.07) is 0. The summed E-state index contributed by atoms with van der Waals surface area (Å²) in [5.74, 6) is 0. The topological polar surface area (TPSA) is 20.2 Å². The molecule has 0 amide bonds. The van der Waals surface area contributed by atoms with Gasteiger partial charge in [-0.1, -0.05) is 25.5 Å². The number of unbranched alkanes of at least 4 members (excludes halogenated alkanes) is 2. The monoisotopic (exact) mass is 208 g/mol. The second-order valence-electron chi connectivity index (χ2n) is 5.30. The zero-order chi connectivity index (χ0) is 11.5. The normalized spacial score (nSPS) is 24.7. The van der Waals surface area contributed by atoms with Crippen LogP contribution in [0.2, 0.25) is 0 Å². The van der Waals surface area contributed by atoms with Crippen molar-refractivity contribution in [3.05, 3.63) is 23.8 Å². The van der Waals surface area contributed by atoms with Crippen LogP contribution in [-0.2, 0) is 0 Å². The first-order valence-corrected chi connectivity index (χ1v) is 5.98. The Morgan fingerprint density at radius 2 is 2.13 bits per heavy atom. The fourth-order valence-electron chi connectivity index (χ4n) is 2.62. The maximum absolute atomic E-state index is 9.83. The van der Waals surface area contributed by atoms with Gasteiger partial charge in [0.2, 0.25) is 0 Å². The summed E-state index contributed by atoms with van der Waals surface area (Å²) in [6.45, 7) is 10.3. The van der Waals surface area contributed by atoms with Crippen molar-refractivity contribution < 1.29 is 5.11 Å². The van der Waals surface area contributed by atoms with Gasteiger partial charge in [0.15, 0.2) is 0 Å². The molecule has 1 aliphatic carbocycles. The molecule has 0 unspecified atom stereocenters. The van der Waals surface area contributed by atoms with Crippen LogP contribution >= 0.6 is 0 Å². The predicted octanol–water partition coefficient (Wildman–Crippen LogP) is 3.84. The van der Waals surface area contributed by atoms with Gasteiger partial charge in [-0.15, -0.1) is 6.58 Å². The molecule has 0 bridgehead atoms. The molecule has 1 rings (SSSR count). The first kappa shape index (κ1) is 12.5. The molecular weight excluding hydrogens is 184 g/mol. The summed E-state index contributed by atoms with van der Waals surface area (Å²) >= 11 is 0. The van der Waals surface area contributed by atoms with E-state index in [1.54, 1.807) is 0 Å². The van der Waals surface area contributed by atoms with Gasteiger partial charge in [0.05, 0.1) is 6.10 Å². The minimum atomic E-state index is -0.200. The first-order valence-electron chi connectivity index (χ1n) is 5.98. The predicted molar refractivity (Wildman–Crippen MR) is 65.8 cm³/mol. The van der Waals surface area contributed by atoms with Crippen molar-refractivity contribution in [2.24, 2.45) is 5.41 Å². The zero-order valence-corrected chi connectivity index (χ0v) is 10.3. The third kappa shape index (κ3) is 2.94. The lowest BCUT2D eigenvalue weighted by molar-refractivity contribution is 0.182. The largest absolute Gasteiger partial charge is 0.389 e. The van der Waals surface area contributed by atoms with Crippen LogP contribution in [0.1, 0.15) is 52.9 Å². The average molecular weight is 208 g/mol. The number of aliphatic hydroxyl groups excluding tert-OH is 1. The number of rotatable bonds is 5. The van der Waals surface area contributed by atoms with E-state index >= 15 is 0 Å². The fourth-order valence-corrected chi connectivity index (χ4v) is 2.62. The van der Waals surface area contributed by atoms with Gasteiger partial charge in [-0.2, -0.15) is 0 Å². The molecule has 1 N–H and O–H groups in total. The van der Waals surface area contributed by atoms with Crippen LogP contribution in [0, 0.1) is 5.41 Å². The summed E-state index contributed by atoms with van der Waals surface area (Å²) in [5.41, 5.74) is 2.91. The van der Waals surface area contributed by atoms with E-state index in [1.807, 2.05) is 6.08 Å². The minimum Gasteiger partial charge on any atom is -0.389 e. The van der Waals surface area contributed by atoms with Crippen LogP contribution in [0.5, 0.6) is 0 Å². The maximum Gasteiger partial charge on any atom is 0.0758 e. The van der Waals surface area contributed by atoms with E-state index in [9.17, 15) is 5.11 Å². The quantitative estimate of drug-likeness (QED) is 0.537. The Bertz CT molecular complexity index is 261. The Morgan fingerprint density at radius 1 is 1.47 bits per heavy atom. The molecule has 1 heteroatoms. The van der Waals surface area contributed by atoms with Gasteiger partial charge in [0.1, 0.15) is 0 Å². The Kier molecular flexibility index (Phi) is 4.15. The standard InChI is InChI=1S/C14H24O/c1-5-6-7-8-9-12-11(2)13(15)10-14(12,3)4/h5,13,15H,1,6-10H2,2-4H3/t13-/m0/s1. The molecule has 0 aromatic carbocycles. The molecule has 0 saturated heterocycles. The molecule has 0 spiro atoms. The zero-order valence-electron chi connectivity index (χ0n) is 10.3. The Balaban J connectivity index is 2.54. The van der Waals surface area contributed by atoms with Crippen molar-refractivity contribution in [2.45, 2.75) is 59.0 Å². The van der Waals surface area contributed by atoms with Crippen molar-refractivity contribution >= 4 is 0 Å². The van der Waals surface area contributed by atoms with Gasteiger partial charge in [-0.05, 0) is 50.0 Å². The van der Waals surface area contributed by atoms with E-state index in [0.717, 1.165) is 19.3 Å². The summed E-state index contributed by atoms with van der Waals surface area (Å²) in [5, 5.41) is 9.83. The second-order valence-corrected chi connectivity index (χ2v) is 5.30. The molecule has 1 aliphatic rings. The van der Waals surface area contributed by atoms with E-state index in [0.29, 0.717) is 0 Å².